The maximum atomic E-state index is 13.1. The van der Waals surface area contributed by atoms with Crippen molar-refractivity contribution in [2.24, 2.45) is 0 Å². The maximum absolute atomic E-state index is 13.1. The lowest BCUT2D eigenvalue weighted by atomic mass is 10.1. The SMILES string of the molecule is O=C(O)C(F)(F)F.O=c1n(Cc2ccccc2)c2ccccc2n1C1CCNCC1. The molecule has 1 aliphatic heterocycles. The van der Waals surface area contributed by atoms with Crippen LogP contribution in [0.3, 0.4) is 0 Å². The number of carboxylic acids is 1. The highest BCUT2D eigenvalue weighted by Gasteiger charge is 2.38. The minimum atomic E-state index is -5.08. The number of halogens is 3. The Morgan fingerprint density at radius 2 is 1.53 bits per heavy atom. The molecule has 160 valence electrons. The number of rotatable bonds is 3. The fourth-order valence-electron chi connectivity index (χ4n) is 3.57. The van der Waals surface area contributed by atoms with Crippen LogP contribution >= 0.6 is 0 Å². The highest BCUT2D eigenvalue weighted by molar-refractivity contribution is 5.76. The van der Waals surface area contributed by atoms with Gasteiger partial charge in [0.2, 0.25) is 0 Å². The number of nitrogens with zero attached hydrogens (tertiary/aromatic N) is 2. The molecule has 1 saturated heterocycles. The summed E-state index contributed by atoms with van der Waals surface area (Å²) in [6, 6.07) is 18.6. The van der Waals surface area contributed by atoms with Crippen LogP contribution in [0, 0.1) is 0 Å². The van der Waals surface area contributed by atoms with E-state index >= 15 is 0 Å². The molecular formula is C21H22F3N3O3. The molecule has 0 radical (unpaired) electrons. The van der Waals surface area contributed by atoms with E-state index in [0.29, 0.717) is 12.6 Å². The molecular weight excluding hydrogens is 399 g/mol. The molecule has 2 N–H and O–H groups in total. The number of alkyl halides is 3. The number of hydrogen-bond acceptors (Lipinski definition) is 3. The summed E-state index contributed by atoms with van der Waals surface area (Å²) in [6.45, 7) is 2.59. The fourth-order valence-corrected chi connectivity index (χ4v) is 3.57. The molecule has 1 aromatic heterocycles. The van der Waals surface area contributed by atoms with Gasteiger partial charge in [0.1, 0.15) is 0 Å². The number of nitrogens with one attached hydrogen (secondary N) is 1. The molecule has 3 aromatic rings. The van der Waals surface area contributed by atoms with Gasteiger partial charge in [-0.05, 0) is 43.6 Å². The lowest BCUT2D eigenvalue weighted by Crippen LogP contribution is -2.35. The molecule has 2 aromatic carbocycles. The van der Waals surface area contributed by atoms with Crippen molar-refractivity contribution in [3.63, 3.8) is 0 Å². The van der Waals surface area contributed by atoms with Crippen LogP contribution in [0.2, 0.25) is 0 Å². The number of benzene rings is 2. The highest BCUT2D eigenvalue weighted by Crippen LogP contribution is 2.23. The monoisotopic (exact) mass is 421 g/mol. The zero-order chi connectivity index (χ0) is 21.7. The summed E-state index contributed by atoms with van der Waals surface area (Å²) in [4.78, 5) is 22.0. The Morgan fingerprint density at radius 1 is 1.00 bits per heavy atom. The van der Waals surface area contributed by atoms with E-state index in [-0.39, 0.29) is 5.69 Å². The van der Waals surface area contributed by atoms with Crippen LogP contribution in [0.5, 0.6) is 0 Å². The summed E-state index contributed by atoms with van der Waals surface area (Å²) in [6.07, 6.45) is -3.06. The van der Waals surface area contributed by atoms with Crippen molar-refractivity contribution in [1.82, 2.24) is 14.5 Å². The van der Waals surface area contributed by atoms with Crippen LogP contribution in [0.4, 0.5) is 13.2 Å². The first-order valence-electron chi connectivity index (χ1n) is 9.53. The number of hydrogen-bond donors (Lipinski definition) is 2. The van der Waals surface area contributed by atoms with E-state index in [2.05, 4.69) is 29.6 Å². The van der Waals surface area contributed by atoms with Crippen molar-refractivity contribution in [2.45, 2.75) is 31.6 Å². The Labute approximate surface area is 170 Å². The van der Waals surface area contributed by atoms with E-state index in [1.807, 2.05) is 39.5 Å². The average molecular weight is 421 g/mol. The zero-order valence-electron chi connectivity index (χ0n) is 16.1. The first-order chi connectivity index (χ1) is 14.3. The topological polar surface area (TPSA) is 76.3 Å². The van der Waals surface area contributed by atoms with E-state index in [0.717, 1.165) is 42.5 Å². The average Bonchev–Trinajstić information content (AvgIpc) is 3.01. The molecule has 1 aliphatic rings. The summed E-state index contributed by atoms with van der Waals surface area (Å²) in [5.41, 5.74) is 3.35. The number of para-hydroxylation sites is 2. The van der Waals surface area contributed by atoms with Crippen LogP contribution in [0.1, 0.15) is 24.4 Å². The van der Waals surface area contributed by atoms with Gasteiger partial charge in [-0.15, -0.1) is 0 Å². The van der Waals surface area contributed by atoms with Gasteiger partial charge >= 0.3 is 17.8 Å². The first-order valence-corrected chi connectivity index (χ1v) is 9.53. The zero-order valence-corrected chi connectivity index (χ0v) is 16.1. The third kappa shape index (κ3) is 4.91. The lowest BCUT2D eigenvalue weighted by Gasteiger charge is -2.23. The van der Waals surface area contributed by atoms with Gasteiger partial charge in [-0.2, -0.15) is 13.2 Å². The number of aromatic nitrogens is 2. The van der Waals surface area contributed by atoms with Crippen LogP contribution in [-0.2, 0) is 11.3 Å². The molecule has 0 bridgehead atoms. The van der Waals surface area contributed by atoms with Crippen molar-refractivity contribution >= 4 is 17.0 Å². The maximum Gasteiger partial charge on any atom is 0.490 e. The number of fused-ring (bicyclic) bond motifs is 1. The Morgan fingerprint density at radius 3 is 2.10 bits per heavy atom. The second-order valence-electron chi connectivity index (χ2n) is 7.00. The van der Waals surface area contributed by atoms with E-state index in [9.17, 15) is 18.0 Å². The van der Waals surface area contributed by atoms with Crippen LogP contribution < -0.4 is 11.0 Å². The van der Waals surface area contributed by atoms with Gasteiger partial charge in [0, 0.05) is 6.04 Å². The quantitative estimate of drug-likeness (QED) is 0.680. The molecule has 2 heterocycles. The predicted molar refractivity (Wildman–Crippen MR) is 107 cm³/mol. The molecule has 0 aliphatic carbocycles. The molecule has 4 rings (SSSR count). The smallest absolute Gasteiger partial charge is 0.475 e. The molecule has 6 nitrogen and oxygen atoms in total. The number of imidazole rings is 1. The largest absolute Gasteiger partial charge is 0.490 e. The van der Waals surface area contributed by atoms with Crippen LogP contribution in [0.25, 0.3) is 11.0 Å². The summed E-state index contributed by atoms with van der Waals surface area (Å²) < 4.78 is 35.7. The van der Waals surface area contributed by atoms with Crippen molar-refractivity contribution in [3.05, 3.63) is 70.6 Å². The molecule has 30 heavy (non-hydrogen) atoms. The standard InChI is InChI=1S/C19H21N3O.C2HF3O2/c23-19-21(14-15-6-2-1-3-7-15)17-8-4-5-9-18(17)22(19)16-10-12-20-13-11-16;3-2(4,5)1(6)7/h1-9,16,20H,10-14H2;(H,6,7). The van der Waals surface area contributed by atoms with E-state index in [4.69, 9.17) is 9.90 Å². The second kappa shape index (κ2) is 9.17. The minimum absolute atomic E-state index is 0.113. The van der Waals surface area contributed by atoms with E-state index in [1.165, 1.54) is 0 Å². The van der Waals surface area contributed by atoms with Crippen molar-refractivity contribution in [3.8, 4) is 0 Å². The molecule has 0 unspecified atom stereocenters. The Hall–Kier alpha value is -3.07. The second-order valence-corrected chi connectivity index (χ2v) is 7.00. The third-order valence-electron chi connectivity index (χ3n) is 4.97. The molecule has 0 atom stereocenters. The predicted octanol–water partition coefficient (Wildman–Crippen LogP) is 3.41. The van der Waals surface area contributed by atoms with E-state index in [1.54, 1.807) is 0 Å². The molecule has 9 heteroatoms. The molecule has 0 amide bonds. The molecule has 0 spiro atoms. The molecule has 1 fully saturated rings. The van der Waals surface area contributed by atoms with Crippen LogP contribution in [-0.4, -0.2) is 39.5 Å². The van der Waals surface area contributed by atoms with Crippen molar-refractivity contribution in [2.75, 3.05) is 13.1 Å². The number of aliphatic carboxylic acids is 1. The summed E-state index contributed by atoms with van der Waals surface area (Å²) >= 11 is 0. The third-order valence-corrected chi connectivity index (χ3v) is 4.97. The summed E-state index contributed by atoms with van der Waals surface area (Å²) in [5, 5.41) is 10.5. The van der Waals surface area contributed by atoms with Gasteiger partial charge in [-0.3, -0.25) is 9.13 Å². The normalized spacial score (nSPS) is 14.9. The van der Waals surface area contributed by atoms with Gasteiger partial charge < -0.3 is 10.4 Å². The van der Waals surface area contributed by atoms with Gasteiger partial charge in [0.15, 0.2) is 0 Å². The van der Waals surface area contributed by atoms with Crippen molar-refractivity contribution in [1.29, 1.82) is 0 Å². The minimum Gasteiger partial charge on any atom is -0.475 e. The van der Waals surface area contributed by atoms with Gasteiger partial charge in [-0.1, -0.05) is 42.5 Å². The van der Waals surface area contributed by atoms with E-state index < -0.39 is 12.1 Å². The lowest BCUT2D eigenvalue weighted by molar-refractivity contribution is -0.192. The number of piperidine rings is 1. The number of carbonyl (C=O) groups is 1. The Kier molecular flexibility index (Phi) is 6.61. The Bertz CT molecular complexity index is 1050. The van der Waals surface area contributed by atoms with Gasteiger partial charge in [0.05, 0.1) is 17.6 Å². The van der Waals surface area contributed by atoms with Crippen molar-refractivity contribution < 1.29 is 23.1 Å². The number of carboxylic acid groups (broad SMARTS) is 1. The fraction of sp³-hybridized carbons (Fsp3) is 0.333. The first kappa shape index (κ1) is 21.6. The Balaban J connectivity index is 0.000000318. The van der Waals surface area contributed by atoms with Gasteiger partial charge in [0.25, 0.3) is 0 Å². The molecule has 0 saturated carbocycles. The highest BCUT2D eigenvalue weighted by atomic mass is 19.4. The van der Waals surface area contributed by atoms with Gasteiger partial charge in [-0.25, -0.2) is 9.59 Å². The summed E-state index contributed by atoms with van der Waals surface area (Å²) in [5.74, 6) is -2.76. The van der Waals surface area contributed by atoms with Crippen LogP contribution in [0.15, 0.2) is 59.4 Å². The summed E-state index contributed by atoms with van der Waals surface area (Å²) in [7, 11) is 0.